The summed E-state index contributed by atoms with van der Waals surface area (Å²) in [5.41, 5.74) is 0.207. The Morgan fingerprint density at radius 1 is 1.64 bits per heavy atom. The summed E-state index contributed by atoms with van der Waals surface area (Å²) in [6.45, 7) is 1.49. The van der Waals surface area contributed by atoms with Gasteiger partial charge in [-0.2, -0.15) is 5.26 Å². The zero-order valence-electron chi connectivity index (χ0n) is 7.42. The number of carbonyl (C=O) groups is 1. The minimum atomic E-state index is -0.756. The van der Waals surface area contributed by atoms with E-state index >= 15 is 0 Å². The smallest absolute Gasteiger partial charge is 0.180 e. The molecule has 1 unspecified atom stereocenters. The van der Waals surface area contributed by atoms with Gasteiger partial charge in [0.25, 0.3) is 0 Å². The topological polar surface area (TPSA) is 40.9 Å². The fraction of sp³-hybridized carbons (Fsp3) is 0.200. The number of ketones is 1. The molecule has 0 aliphatic rings. The van der Waals surface area contributed by atoms with Crippen molar-refractivity contribution in [3.05, 3.63) is 34.1 Å². The molecule has 0 spiro atoms. The van der Waals surface area contributed by atoms with Crippen molar-refractivity contribution in [2.24, 2.45) is 5.92 Å². The highest BCUT2D eigenvalue weighted by molar-refractivity contribution is 9.10. The number of nitrogens with zero attached hydrogens (tertiary/aromatic N) is 1. The number of Topliss-reactive ketones (excluding diaryl/α,β-unsaturated/α-hetero) is 1. The van der Waals surface area contributed by atoms with E-state index in [4.69, 9.17) is 5.26 Å². The molecule has 2 nitrogen and oxygen atoms in total. The molecule has 0 amide bonds. The summed E-state index contributed by atoms with van der Waals surface area (Å²) in [7, 11) is 0. The average Bonchev–Trinajstić information content (AvgIpc) is 2.19. The van der Waals surface area contributed by atoms with Crippen LogP contribution in [-0.2, 0) is 0 Å². The number of rotatable bonds is 2. The number of nitriles is 1. The number of hydrogen-bond donors (Lipinski definition) is 0. The third-order valence-electron chi connectivity index (χ3n) is 1.78. The first-order valence-corrected chi connectivity index (χ1v) is 4.74. The van der Waals surface area contributed by atoms with E-state index in [1.54, 1.807) is 0 Å². The molecule has 1 aromatic carbocycles. The van der Waals surface area contributed by atoms with Gasteiger partial charge in [-0.3, -0.25) is 4.79 Å². The lowest BCUT2D eigenvalue weighted by Gasteiger charge is -2.04. The molecule has 1 atom stereocenters. The first-order valence-electron chi connectivity index (χ1n) is 3.95. The van der Waals surface area contributed by atoms with Crippen LogP contribution in [0.4, 0.5) is 4.39 Å². The van der Waals surface area contributed by atoms with Crippen LogP contribution in [-0.4, -0.2) is 5.78 Å². The average molecular weight is 256 g/mol. The van der Waals surface area contributed by atoms with Gasteiger partial charge in [0.2, 0.25) is 0 Å². The highest BCUT2D eigenvalue weighted by Crippen LogP contribution is 2.20. The zero-order valence-corrected chi connectivity index (χ0v) is 9.01. The summed E-state index contributed by atoms with van der Waals surface area (Å²) in [6.07, 6.45) is 0. The second-order valence-electron chi connectivity index (χ2n) is 2.84. The van der Waals surface area contributed by atoms with Crippen molar-refractivity contribution in [2.45, 2.75) is 6.92 Å². The lowest BCUT2D eigenvalue weighted by Crippen LogP contribution is -2.10. The van der Waals surface area contributed by atoms with Crippen LogP contribution < -0.4 is 0 Å². The minimum Gasteiger partial charge on any atom is -0.293 e. The molecule has 0 heterocycles. The van der Waals surface area contributed by atoms with Crippen LogP contribution in [0, 0.1) is 23.1 Å². The monoisotopic (exact) mass is 255 g/mol. The van der Waals surface area contributed by atoms with Gasteiger partial charge in [-0.25, -0.2) is 4.39 Å². The first-order chi connectivity index (χ1) is 6.56. The van der Waals surface area contributed by atoms with Crippen LogP contribution in [0.15, 0.2) is 22.7 Å². The van der Waals surface area contributed by atoms with Gasteiger partial charge in [0.1, 0.15) is 11.7 Å². The van der Waals surface area contributed by atoms with Crippen LogP contribution in [0.2, 0.25) is 0 Å². The Hall–Kier alpha value is -1.21. The molecule has 0 aliphatic heterocycles. The molecule has 0 bridgehead atoms. The molecule has 72 valence electrons. The van der Waals surface area contributed by atoms with Gasteiger partial charge in [0, 0.05) is 10.0 Å². The van der Waals surface area contributed by atoms with Gasteiger partial charge in [-0.15, -0.1) is 0 Å². The molecule has 14 heavy (non-hydrogen) atoms. The summed E-state index contributed by atoms with van der Waals surface area (Å²) in [4.78, 5) is 11.5. The van der Waals surface area contributed by atoms with Crippen molar-refractivity contribution >= 4 is 21.7 Å². The van der Waals surface area contributed by atoms with Gasteiger partial charge in [-0.05, 0) is 25.1 Å². The Kier molecular flexibility index (Phi) is 3.37. The fourth-order valence-corrected chi connectivity index (χ4v) is 1.42. The summed E-state index contributed by atoms with van der Waals surface area (Å²) in [5.74, 6) is -1.62. The van der Waals surface area contributed by atoms with E-state index in [0.29, 0.717) is 4.47 Å². The zero-order chi connectivity index (χ0) is 10.7. The summed E-state index contributed by atoms with van der Waals surface area (Å²) < 4.78 is 13.3. The van der Waals surface area contributed by atoms with E-state index < -0.39 is 11.7 Å². The highest BCUT2D eigenvalue weighted by atomic mass is 79.9. The van der Waals surface area contributed by atoms with Crippen molar-refractivity contribution in [2.75, 3.05) is 0 Å². The highest BCUT2D eigenvalue weighted by Gasteiger charge is 2.17. The van der Waals surface area contributed by atoms with Crippen LogP contribution in [0.1, 0.15) is 17.3 Å². The van der Waals surface area contributed by atoms with Crippen molar-refractivity contribution in [3.63, 3.8) is 0 Å². The maximum Gasteiger partial charge on any atom is 0.180 e. The fourth-order valence-electron chi connectivity index (χ4n) is 0.978. The first kappa shape index (κ1) is 10.9. The summed E-state index contributed by atoms with van der Waals surface area (Å²) in [6, 6.07) is 5.64. The second-order valence-corrected chi connectivity index (χ2v) is 3.69. The molecule has 4 heteroatoms. The minimum absolute atomic E-state index is 0.207. The normalized spacial score (nSPS) is 11.9. The third-order valence-corrected chi connectivity index (χ3v) is 2.47. The molecular weight excluding hydrogens is 249 g/mol. The maximum absolute atomic E-state index is 12.8. The molecule has 0 fully saturated rings. The number of carbonyl (C=O) groups excluding carboxylic acids is 1. The van der Waals surface area contributed by atoms with Gasteiger partial charge >= 0.3 is 0 Å². The van der Waals surface area contributed by atoms with Gasteiger partial charge < -0.3 is 0 Å². The predicted molar refractivity (Wildman–Crippen MR) is 53.2 cm³/mol. The largest absolute Gasteiger partial charge is 0.293 e. The van der Waals surface area contributed by atoms with Crippen LogP contribution in [0.5, 0.6) is 0 Å². The Morgan fingerprint density at radius 2 is 2.29 bits per heavy atom. The van der Waals surface area contributed by atoms with E-state index in [1.807, 2.05) is 6.07 Å². The van der Waals surface area contributed by atoms with E-state index in [-0.39, 0.29) is 11.3 Å². The Morgan fingerprint density at radius 3 is 2.86 bits per heavy atom. The molecule has 0 aromatic heterocycles. The Labute approximate surface area is 89.5 Å². The molecule has 0 radical (unpaired) electrons. The Bertz CT molecular complexity index is 411. The predicted octanol–water partition coefficient (Wildman–Crippen LogP) is 2.93. The lowest BCUT2D eigenvalue weighted by atomic mass is 10.0. The molecule has 0 N–H and O–H groups in total. The van der Waals surface area contributed by atoms with Crippen LogP contribution >= 0.6 is 15.9 Å². The van der Waals surface area contributed by atoms with E-state index in [9.17, 15) is 9.18 Å². The van der Waals surface area contributed by atoms with E-state index in [1.165, 1.54) is 19.1 Å². The number of hydrogen-bond acceptors (Lipinski definition) is 2. The molecular formula is C10H7BrFNO. The van der Waals surface area contributed by atoms with Crippen LogP contribution in [0.25, 0.3) is 0 Å². The maximum atomic E-state index is 12.8. The quantitative estimate of drug-likeness (QED) is 0.763. The molecule has 0 saturated heterocycles. The van der Waals surface area contributed by atoms with Crippen molar-refractivity contribution in [1.29, 1.82) is 5.26 Å². The number of halogens is 2. The van der Waals surface area contributed by atoms with Gasteiger partial charge in [0.05, 0.1) is 6.07 Å². The molecule has 1 aromatic rings. The van der Waals surface area contributed by atoms with Crippen molar-refractivity contribution < 1.29 is 9.18 Å². The molecule has 1 rings (SSSR count). The Balaban J connectivity index is 3.14. The summed E-state index contributed by atoms with van der Waals surface area (Å²) in [5, 5.41) is 8.55. The standard InChI is InChI=1S/C10H7BrFNO/c1-6(5-13)10(14)8-4-7(12)2-3-9(8)11/h2-4,6H,1H3. The van der Waals surface area contributed by atoms with Crippen molar-refractivity contribution in [3.8, 4) is 6.07 Å². The molecule has 0 saturated carbocycles. The third kappa shape index (κ3) is 2.18. The van der Waals surface area contributed by atoms with Crippen molar-refractivity contribution in [1.82, 2.24) is 0 Å². The van der Waals surface area contributed by atoms with E-state index in [2.05, 4.69) is 15.9 Å². The number of benzene rings is 1. The lowest BCUT2D eigenvalue weighted by molar-refractivity contribution is 0.0955. The van der Waals surface area contributed by atoms with Gasteiger partial charge in [0.15, 0.2) is 5.78 Å². The molecule has 0 aliphatic carbocycles. The summed E-state index contributed by atoms with van der Waals surface area (Å²) >= 11 is 3.13. The van der Waals surface area contributed by atoms with E-state index in [0.717, 1.165) is 6.07 Å². The second kappa shape index (κ2) is 4.34. The van der Waals surface area contributed by atoms with Gasteiger partial charge in [-0.1, -0.05) is 15.9 Å². The SMILES string of the molecule is CC(C#N)C(=O)c1cc(F)ccc1Br. The van der Waals surface area contributed by atoms with Crippen LogP contribution in [0.3, 0.4) is 0 Å².